The van der Waals surface area contributed by atoms with Crippen LogP contribution in [-0.2, 0) is 4.74 Å². The number of carbonyl (C=O) groups excluding carboxylic acids is 1. The Balaban J connectivity index is 2.65. The first-order valence-electron chi connectivity index (χ1n) is 5.29. The zero-order chi connectivity index (χ0) is 12.8. The van der Waals surface area contributed by atoms with Crippen LogP contribution >= 0.6 is 0 Å². The molecule has 0 aromatic carbocycles. The second-order valence-corrected chi connectivity index (χ2v) is 3.60. The van der Waals surface area contributed by atoms with Crippen molar-refractivity contribution in [3.05, 3.63) is 23.7 Å². The molecule has 6 heteroatoms. The monoisotopic (exact) mass is 243 g/mol. The van der Waals surface area contributed by atoms with Crippen LogP contribution in [0.4, 0.5) is 0 Å². The molecule has 1 aromatic heterocycles. The Kier molecular flexibility index (Phi) is 5.14. The minimum Gasteiger partial charge on any atom is -0.463 e. The molecule has 6 nitrogen and oxygen atoms in total. The van der Waals surface area contributed by atoms with Crippen molar-refractivity contribution in [2.45, 2.75) is 18.6 Å². The van der Waals surface area contributed by atoms with Crippen molar-refractivity contribution < 1.29 is 24.2 Å². The van der Waals surface area contributed by atoms with Gasteiger partial charge in [0.1, 0.15) is 11.9 Å². The van der Waals surface area contributed by atoms with Gasteiger partial charge in [0, 0.05) is 0 Å². The highest BCUT2D eigenvalue weighted by Crippen LogP contribution is 2.21. The third-order valence-electron chi connectivity index (χ3n) is 2.36. The molecular formula is C11H17NO5. The van der Waals surface area contributed by atoms with Gasteiger partial charge >= 0.3 is 5.97 Å². The first-order chi connectivity index (χ1) is 8.10. The van der Waals surface area contributed by atoms with Crippen molar-refractivity contribution in [3.63, 3.8) is 0 Å². The van der Waals surface area contributed by atoms with Gasteiger partial charge < -0.3 is 24.7 Å². The van der Waals surface area contributed by atoms with Gasteiger partial charge in [-0.15, -0.1) is 0 Å². The van der Waals surface area contributed by atoms with E-state index in [0.717, 1.165) is 0 Å². The van der Waals surface area contributed by atoms with Gasteiger partial charge in [0.2, 0.25) is 5.76 Å². The summed E-state index contributed by atoms with van der Waals surface area (Å²) in [7, 11) is 2.99. The number of hydrogen-bond acceptors (Lipinski definition) is 6. The number of esters is 1. The standard InChI is InChI=1S/C11H17NO5/c1-12-6-5-7(13)10(14)8-3-4-9(17-8)11(15)16-2/h3-4,7,10,12-14H,5-6H2,1-2H3. The van der Waals surface area contributed by atoms with Gasteiger partial charge in [0.25, 0.3) is 0 Å². The van der Waals surface area contributed by atoms with Gasteiger partial charge in [0.15, 0.2) is 0 Å². The predicted molar refractivity (Wildman–Crippen MR) is 59.6 cm³/mol. The first-order valence-corrected chi connectivity index (χ1v) is 5.29. The summed E-state index contributed by atoms with van der Waals surface area (Å²) in [5.41, 5.74) is 0. The summed E-state index contributed by atoms with van der Waals surface area (Å²) in [5, 5.41) is 22.3. The van der Waals surface area contributed by atoms with E-state index >= 15 is 0 Å². The van der Waals surface area contributed by atoms with Gasteiger partial charge in [-0.25, -0.2) is 4.79 Å². The molecular weight excluding hydrogens is 226 g/mol. The van der Waals surface area contributed by atoms with Crippen molar-refractivity contribution >= 4 is 5.97 Å². The van der Waals surface area contributed by atoms with Crippen LogP contribution in [0.25, 0.3) is 0 Å². The van der Waals surface area contributed by atoms with Crippen molar-refractivity contribution in [1.82, 2.24) is 5.32 Å². The average molecular weight is 243 g/mol. The SMILES string of the molecule is CNCCC(O)C(O)c1ccc(C(=O)OC)o1. The highest BCUT2D eigenvalue weighted by Gasteiger charge is 2.22. The molecule has 3 N–H and O–H groups in total. The number of aliphatic hydroxyl groups excluding tert-OH is 2. The molecule has 0 spiro atoms. The van der Waals surface area contributed by atoms with Crippen molar-refractivity contribution in [2.24, 2.45) is 0 Å². The summed E-state index contributed by atoms with van der Waals surface area (Å²) >= 11 is 0. The number of methoxy groups -OCH3 is 1. The molecule has 0 radical (unpaired) electrons. The predicted octanol–water partition coefficient (Wildman–Crippen LogP) is 0.0700. The number of furan rings is 1. The van der Waals surface area contributed by atoms with Gasteiger partial charge in [-0.3, -0.25) is 0 Å². The number of nitrogens with one attached hydrogen (secondary N) is 1. The molecule has 17 heavy (non-hydrogen) atoms. The third kappa shape index (κ3) is 3.55. The van der Waals surface area contributed by atoms with Crippen LogP contribution in [-0.4, -0.2) is 43.0 Å². The Morgan fingerprint density at radius 2 is 2.24 bits per heavy atom. The van der Waals surface area contributed by atoms with Gasteiger partial charge in [-0.2, -0.15) is 0 Å². The molecule has 0 bridgehead atoms. The summed E-state index contributed by atoms with van der Waals surface area (Å²) < 4.78 is 9.56. The van der Waals surface area contributed by atoms with E-state index in [0.29, 0.717) is 13.0 Å². The smallest absolute Gasteiger partial charge is 0.373 e. The molecule has 2 atom stereocenters. The lowest BCUT2D eigenvalue weighted by Gasteiger charge is -2.15. The minimum absolute atomic E-state index is 0.00219. The summed E-state index contributed by atoms with van der Waals surface area (Å²) in [5.74, 6) is -0.468. The van der Waals surface area contributed by atoms with Crippen LogP contribution in [0.15, 0.2) is 16.5 Å². The molecule has 0 fully saturated rings. The lowest BCUT2D eigenvalue weighted by Crippen LogP contribution is -2.23. The fraction of sp³-hybridized carbons (Fsp3) is 0.545. The van der Waals surface area contributed by atoms with Gasteiger partial charge in [-0.05, 0) is 32.1 Å². The molecule has 1 rings (SSSR count). The average Bonchev–Trinajstić information content (AvgIpc) is 2.83. The van der Waals surface area contributed by atoms with E-state index in [9.17, 15) is 15.0 Å². The molecule has 0 aliphatic heterocycles. The Labute approximate surface area is 99.2 Å². The maximum atomic E-state index is 11.1. The summed E-state index contributed by atoms with van der Waals surface area (Å²) in [6, 6.07) is 2.84. The molecule has 0 saturated heterocycles. The molecule has 0 saturated carbocycles. The van der Waals surface area contributed by atoms with Crippen LogP contribution in [0.3, 0.4) is 0 Å². The second kappa shape index (κ2) is 6.39. The number of carbonyl (C=O) groups is 1. The number of hydrogen-bond donors (Lipinski definition) is 3. The summed E-state index contributed by atoms with van der Waals surface area (Å²) in [4.78, 5) is 11.1. The van der Waals surface area contributed by atoms with Crippen LogP contribution in [0.5, 0.6) is 0 Å². The highest BCUT2D eigenvalue weighted by molar-refractivity contribution is 5.86. The topological polar surface area (TPSA) is 91.9 Å². The van der Waals surface area contributed by atoms with Gasteiger partial charge in [-0.1, -0.05) is 0 Å². The molecule has 0 aliphatic carbocycles. The highest BCUT2D eigenvalue weighted by atomic mass is 16.5. The first kappa shape index (κ1) is 13.7. The van der Waals surface area contributed by atoms with E-state index < -0.39 is 18.2 Å². The Hall–Kier alpha value is -1.37. The fourth-order valence-corrected chi connectivity index (χ4v) is 1.36. The normalized spacial score (nSPS) is 14.4. The van der Waals surface area contributed by atoms with Crippen molar-refractivity contribution in [3.8, 4) is 0 Å². The van der Waals surface area contributed by atoms with E-state index in [1.54, 1.807) is 7.05 Å². The number of aliphatic hydroxyl groups is 2. The fourth-order valence-electron chi connectivity index (χ4n) is 1.36. The van der Waals surface area contributed by atoms with E-state index in [1.165, 1.54) is 19.2 Å². The number of ether oxygens (including phenoxy) is 1. The van der Waals surface area contributed by atoms with Gasteiger partial charge in [0.05, 0.1) is 13.2 Å². The maximum Gasteiger partial charge on any atom is 0.373 e. The summed E-state index contributed by atoms with van der Waals surface area (Å²) in [6.07, 6.45) is -1.72. The molecule has 0 aliphatic rings. The zero-order valence-electron chi connectivity index (χ0n) is 9.84. The number of rotatable bonds is 6. The lowest BCUT2D eigenvalue weighted by atomic mass is 10.1. The zero-order valence-corrected chi connectivity index (χ0v) is 9.84. The lowest BCUT2D eigenvalue weighted by molar-refractivity contribution is 0.000445. The molecule has 2 unspecified atom stereocenters. The Bertz CT molecular complexity index is 362. The second-order valence-electron chi connectivity index (χ2n) is 3.60. The van der Waals surface area contributed by atoms with Crippen molar-refractivity contribution in [1.29, 1.82) is 0 Å². The third-order valence-corrected chi connectivity index (χ3v) is 2.36. The minimum atomic E-state index is -1.15. The van der Waals surface area contributed by atoms with E-state index in [2.05, 4.69) is 10.1 Å². The van der Waals surface area contributed by atoms with Crippen LogP contribution in [0, 0.1) is 0 Å². The maximum absolute atomic E-state index is 11.1. The van der Waals surface area contributed by atoms with E-state index in [-0.39, 0.29) is 11.5 Å². The Morgan fingerprint density at radius 1 is 1.53 bits per heavy atom. The molecule has 0 amide bonds. The van der Waals surface area contributed by atoms with Crippen molar-refractivity contribution in [2.75, 3.05) is 20.7 Å². The van der Waals surface area contributed by atoms with Crippen LogP contribution < -0.4 is 5.32 Å². The molecule has 1 heterocycles. The van der Waals surface area contributed by atoms with E-state index in [4.69, 9.17) is 4.42 Å². The largest absolute Gasteiger partial charge is 0.463 e. The molecule has 1 aromatic rings. The summed E-state index contributed by atoms with van der Waals surface area (Å²) in [6.45, 7) is 0.572. The quantitative estimate of drug-likeness (QED) is 0.612. The van der Waals surface area contributed by atoms with Crippen LogP contribution in [0.2, 0.25) is 0 Å². The Morgan fingerprint density at radius 3 is 2.82 bits per heavy atom. The van der Waals surface area contributed by atoms with E-state index in [1.807, 2.05) is 0 Å². The van der Waals surface area contributed by atoms with Crippen LogP contribution in [0.1, 0.15) is 28.8 Å². The molecule has 96 valence electrons.